The summed E-state index contributed by atoms with van der Waals surface area (Å²) < 4.78 is 2.00. The number of hydrogen-bond donors (Lipinski definition) is 2. The molecule has 0 aromatic carbocycles. The van der Waals surface area contributed by atoms with E-state index in [0.717, 1.165) is 42.2 Å². The molecule has 1 unspecified atom stereocenters. The highest BCUT2D eigenvalue weighted by molar-refractivity contribution is 6.31. The average molecular weight is 287 g/mol. The molecular formula is C14H27ClN4. The van der Waals surface area contributed by atoms with Crippen molar-refractivity contribution in [2.24, 2.45) is 11.3 Å². The molecule has 0 bridgehead atoms. The fraction of sp³-hybridized carbons (Fsp3) is 0.786. The predicted molar refractivity (Wildman–Crippen MR) is 81.2 cm³/mol. The summed E-state index contributed by atoms with van der Waals surface area (Å²) >= 11 is 6.45. The quantitative estimate of drug-likeness (QED) is 0.598. The van der Waals surface area contributed by atoms with Crippen molar-refractivity contribution in [1.29, 1.82) is 0 Å². The summed E-state index contributed by atoms with van der Waals surface area (Å²) in [5.41, 5.74) is 5.13. The monoisotopic (exact) mass is 286 g/mol. The minimum absolute atomic E-state index is 0.118. The van der Waals surface area contributed by atoms with Crippen molar-refractivity contribution in [3.05, 3.63) is 16.4 Å². The molecule has 1 atom stereocenters. The maximum atomic E-state index is 6.45. The van der Waals surface area contributed by atoms with Gasteiger partial charge >= 0.3 is 0 Å². The molecular weight excluding hydrogens is 260 g/mol. The maximum absolute atomic E-state index is 6.45. The second kappa shape index (κ2) is 6.73. The molecule has 110 valence electrons. The van der Waals surface area contributed by atoms with Gasteiger partial charge in [-0.25, -0.2) is 0 Å². The molecule has 1 aromatic heterocycles. The smallest absolute Gasteiger partial charge is 0.0850 e. The maximum Gasteiger partial charge on any atom is 0.0850 e. The summed E-state index contributed by atoms with van der Waals surface area (Å²) in [5, 5.41) is 5.36. The standard InChI is InChI=1S/C14H27ClN4/c1-6-10-13(15)11(19(8-3)18-10)9-12(17-16)14(4,5)7-2/h12,17H,6-9,16H2,1-5H3. The van der Waals surface area contributed by atoms with Gasteiger partial charge < -0.3 is 0 Å². The van der Waals surface area contributed by atoms with Gasteiger partial charge in [0.05, 0.1) is 16.4 Å². The molecule has 0 fully saturated rings. The lowest BCUT2D eigenvalue weighted by molar-refractivity contribution is 0.228. The molecule has 4 nitrogen and oxygen atoms in total. The number of rotatable bonds is 7. The molecule has 5 heteroatoms. The van der Waals surface area contributed by atoms with Crippen molar-refractivity contribution in [3.8, 4) is 0 Å². The molecule has 0 saturated heterocycles. The van der Waals surface area contributed by atoms with Gasteiger partial charge in [0.15, 0.2) is 0 Å². The SMILES string of the molecule is CCc1nn(CC)c(CC(NN)C(C)(C)CC)c1Cl. The Hall–Kier alpha value is -0.580. The Morgan fingerprint density at radius 3 is 2.42 bits per heavy atom. The van der Waals surface area contributed by atoms with E-state index in [1.807, 2.05) is 4.68 Å². The molecule has 0 aliphatic rings. The van der Waals surface area contributed by atoms with Crippen LogP contribution in [0.4, 0.5) is 0 Å². The Labute approximate surface area is 121 Å². The Morgan fingerprint density at radius 2 is 2.00 bits per heavy atom. The molecule has 0 spiro atoms. The number of halogens is 1. The Bertz CT molecular complexity index is 412. The van der Waals surface area contributed by atoms with Gasteiger partial charge in [0.2, 0.25) is 0 Å². The van der Waals surface area contributed by atoms with E-state index >= 15 is 0 Å². The summed E-state index contributed by atoms with van der Waals surface area (Å²) in [7, 11) is 0. The Kier molecular flexibility index (Phi) is 5.83. The number of aromatic nitrogens is 2. The lowest BCUT2D eigenvalue weighted by Crippen LogP contribution is -2.47. The highest BCUT2D eigenvalue weighted by atomic mass is 35.5. The van der Waals surface area contributed by atoms with Crippen molar-refractivity contribution in [1.82, 2.24) is 15.2 Å². The molecule has 19 heavy (non-hydrogen) atoms. The van der Waals surface area contributed by atoms with Crippen LogP contribution in [0, 0.1) is 5.41 Å². The number of nitrogens with two attached hydrogens (primary N) is 1. The third-order valence-electron chi connectivity index (χ3n) is 4.15. The van der Waals surface area contributed by atoms with Crippen LogP contribution in [-0.2, 0) is 19.4 Å². The van der Waals surface area contributed by atoms with Crippen molar-refractivity contribution in [2.45, 2.75) is 66.5 Å². The van der Waals surface area contributed by atoms with E-state index in [0.29, 0.717) is 0 Å². The van der Waals surface area contributed by atoms with E-state index < -0.39 is 0 Å². The van der Waals surface area contributed by atoms with Crippen LogP contribution in [-0.4, -0.2) is 15.8 Å². The number of hydrazine groups is 1. The average Bonchev–Trinajstić information content (AvgIpc) is 2.71. The second-order valence-corrected chi connectivity index (χ2v) is 6.02. The van der Waals surface area contributed by atoms with Crippen molar-refractivity contribution >= 4 is 11.6 Å². The fourth-order valence-corrected chi connectivity index (χ4v) is 2.56. The Balaban J connectivity index is 3.06. The van der Waals surface area contributed by atoms with E-state index in [9.17, 15) is 0 Å². The zero-order chi connectivity index (χ0) is 14.6. The lowest BCUT2D eigenvalue weighted by Gasteiger charge is -2.33. The molecule has 0 amide bonds. The highest BCUT2D eigenvalue weighted by Crippen LogP contribution is 2.30. The number of hydrogen-bond acceptors (Lipinski definition) is 3. The van der Waals surface area contributed by atoms with Gasteiger partial charge in [-0.05, 0) is 25.2 Å². The number of nitrogens with one attached hydrogen (secondary N) is 1. The van der Waals surface area contributed by atoms with E-state index in [1.54, 1.807) is 0 Å². The molecule has 1 rings (SSSR count). The Morgan fingerprint density at radius 1 is 1.37 bits per heavy atom. The highest BCUT2D eigenvalue weighted by Gasteiger charge is 2.29. The molecule has 0 aliphatic carbocycles. The van der Waals surface area contributed by atoms with Gasteiger partial charge in [-0.2, -0.15) is 5.10 Å². The first-order valence-corrected chi connectivity index (χ1v) is 7.49. The second-order valence-electron chi connectivity index (χ2n) is 5.64. The minimum atomic E-state index is 0.118. The van der Waals surface area contributed by atoms with Crippen LogP contribution in [0.1, 0.15) is 52.4 Å². The largest absolute Gasteiger partial charge is 0.271 e. The van der Waals surface area contributed by atoms with Crippen LogP contribution in [0.5, 0.6) is 0 Å². The van der Waals surface area contributed by atoms with E-state index in [1.165, 1.54) is 0 Å². The molecule has 1 heterocycles. The predicted octanol–water partition coefficient (Wildman–Crippen LogP) is 2.93. The van der Waals surface area contributed by atoms with Crippen LogP contribution in [0.3, 0.4) is 0 Å². The van der Waals surface area contributed by atoms with Gasteiger partial charge in [0.1, 0.15) is 0 Å². The van der Waals surface area contributed by atoms with Gasteiger partial charge in [0, 0.05) is 19.0 Å². The zero-order valence-electron chi connectivity index (χ0n) is 12.8. The first-order chi connectivity index (χ1) is 8.91. The van der Waals surface area contributed by atoms with Gasteiger partial charge in [0.25, 0.3) is 0 Å². The van der Waals surface area contributed by atoms with Gasteiger partial charge in [-0.15, -0.1) is 0 Å². The van der Waals surface area contributed by atoms with Crippen LogP contribution in [0.15, 0.2) is 0 Å². The summed E-state index contributed by atoms with van der Waals surface area (Å²) in [6.07, 6.45) is 2.72. The lowest BCUT2D eigenvalue weighted by atomic mass is 9.80. The van der Waals surface area contributed by atoms with E-state index in [4.69, 9.17) is 17.4 Å². The topological polar surface area (TPSA) is 55.9 Å². The minimum Gasteiger partial charge on any atom is -0.271 e. The summed E-state index contributed by atoms with van der Waals surface area (Å²) in [6.45, 7) is 11.6. The fourth-order valence-electron chi connectivity index (χ4n) is 2.21. The molecule has 0 radical (unpaired) electrons. The first kappa shape index (κ1) is 16.5. The van der Waals surface area contributed by atoms with Crippen molar-refractivity contribution in [2.75, 3.05) is 0 Å². The van der Waals surface area contributed by atoms with E-state index in [-0.39, 0.29) is 11.5 Å². The molecule has 1 aromatic rings. The zero-order valence-corrected chi connectivity index (χ0v) is 13.5. The normalized spacial score (nSPS) is 13.8. The summed E-state index contributed by atoms with van der Waals surface area (Å²) in [5.74, 6) is 5.74. The van der Waals surface area contributed by atoms with Crippen LogP contribution >= 0.6 is 11.6 Å². The molecule has 0 aliphatic heterocycles. The third-order valence-corrected chi connectivity index (χ3v) is 4.58. The first-order valence-electron chi connectivity index (χ1n) is 7.11. The summed E-state index contributed by atoms with van der Waals surface area (Å²) in [4.78, 5) is 0. The number of aryl methyl sites for hydroxylation is 2. The van der Waals surface area contributed by atoms with E-state index in [2.05, 4.69) is 45.1 Å². The van der Waals surface area contributed by atoms with Crippen LogP contribution in [0.25, 0.3) is 0 Å². The summed E-state index contributed by atoms with van der Waals surface area (Å²) in [6, 6.07) is 0.182. The third kappa shape index (κ3) is 3.50. The number of nitrogens with zero attached hydrogens (tertiary/aromatic N) is 2. The van der Waals surface area contributed by atoms with Gasteiger partial charge in [-0.1, -0.05) is 39.3 Å². The van der Waals surface area contributed by atoms with Crippen LogP contribution < -0.4 is 11.3 Å². The van der Waals surface area contributed by atoms with Crippen molar-refractivity contribution in [3.63, 3.8) is 0 Å². The van der Waals surface area contributed by atoms with Crippen molar-refractivity contribution < 1.29 is 0 Å². The molecule has 0 saturated carbocycles. The molecule has 3 N–H and O–H groups in total. The van der Waals surface area contributed by atoms with Gasteiger partial charge in [-0.3, -0.25) is 16.0 Å². The van der Waals surface area contributed by atoms with Crippen LogP contribution in [0.2, 0.25) is 5.02 Å².